The summed E-state index contributed by atoms with van der Waals surface area (Å²) in [6.07, 6.45) is 0. The molecule has 1 saturated heterocycles. The second kappa shape index (κ2) is 5.23. The number of rotatable bonds is 1. The molecule has 1 aliphatic heterocycles. The van der Waals surface area contributed by atoms with E-state index in [0.717, 1.165) is 16.5 Å². The van der Waals surface area contributed by atoms with Gasteiger partial charge in [0.25, 0.3) is 0 Å². The third-order valence-corrected chi connectivity index (χ3v) is 3.93. The van der Waals surface area contributed by atoms with E-state index in [2.05, 4.69) is 0 Å². The molecule has 21 heavy (non-hydrogen) atoms. The van der Waals surface area contributed by atoms with E-state index in [1.54, 1.807) is 0 Å². The monoisotopic (exact) mass is 284 g/mol. The zero-order chi connectivity index (χ0) is 15.0. The van der Waals surface area contributed by atoms with Gasteiger partial charge < -0.3 is 14.1 Å². The van der Waals surface area contributed by atoms with Crippen LogP contribution in [0.15, 0.2) is 21.3 Å². The molecule has 1 aromatic heterocycles. The third-order valence-electron chi connectivity index (χ3n) is 3.93. The number of benzene rings is 1. The standard InChI is InChI=1S/C16H16N2O3/c1-10-7-12-14(8-11(10)2)21-16(19)13(9-17)15(12)18-3-5-20-6-4-18/h7-8H,3-6H2,1-2H3. The van der Waals surface area contributed by atoms with Crippen molar-refractivity contribution >= 4 is 16.7 Å². The first-order valence-corrected chi connectivity index (χ1v) is 6.92. The quantitative estimate of drug-likeness (QED) is 0.750. The van der Waals surface area contributed by atoms with Crippen LogP contribution in [0.4, 0.5) is 5.69 Å². The Balaban J connectivity index is 2.34. The Morgan fingerprint density at radius 3 is 2.52 bits per heavy atom. The molecule has 5 heteroatoms. The first-order valence-electron chi connectivity index (χ1n) is 6.92. The Hall–Kier alpha value is -2.32. The van der Waals surface area contributed by atoms with Gasteiger partial charge in [-0.2, -0.15) is 5.26 Å². The van der Waals surface area contributed by atoms with Crippen molar-refractivity contribution < 1.29 is 9.15 Å². The number of hydrogen-bond donors (Lipinski definition) is 0. The lowest BCUT2D eigenvalue weighted by Crippen LogP contribution is -2.37. The van der Waals surface area contributed by atoms with Crippen LogP contribution in [0.2, 0.25) is 0 Å². The first kappa shape index (κ1) is 13.7. The van der Waals surface area contributed by atoms with Gasteiger partial charge in [0, 0.05) is 18.5 Å². The highest BCUT2D eigenvalue weighted by Crippen LogP contribution is 2.31. The van der Waals surface area contributed by atoms with Gasteiger partial charge in [0.2, 0.25) is 0 Å². The van der Waals surface area contributed by atoms with E-state index >= 15 is 0 Å². The van der Waals surface area contributed by atoms with Crippen LogP contribution < -0.4 is 10.5 Å². The maximum atomic E-state index is 12.1. The van der Waals surface area contributed by atoms with Crippen LogP contribution in [0.25, 0.3) is 11.0 Å². The molecule has 1 aromatic carbocycles. The summed E-state index contributed by atoms with van der Waals surface area (Å²) >= 11 is 0. The molecule has 5 nitrogen and oxygen atoms in total. The SMILES string of the molecule is Cc1cc2oc(=O)c(C#N)c(N3CCOCC3)c2cc1C. The van der Waals surface area contributed by atoms with Crippen molar-refractivity contribution in [2.75, 3.05) is 31.2 Å². The second-order valence-electron chi connectivity index (χ2n) is 5.26. The molecule has 0 N–H and O–H groups in total. The molecule has 0 bridgehead atoms. The highest BCUT2D eigenvalue weighted by atomic mass is 16.5. The number of fused-ring (bicyclic) bond motifs is 1. The molecule has 0 amide bonds. The molecule has 0 aliphatic carbocycles. The van der Waals surface area contributed by atoms with Gasteiger partial charge in [-0.1, -0.05) is 0 Å². The average Bonchev–Trinajstić information content (AvgIpc) is 2.49. The lowest BCUT2D eigenvalue weighted by Gasteiger charge is -2.30. The molecule has 1 fully saturated rings. The molecule has 0 spiro atoms. The van der Waals surface area contributed by atoms with E-state index < -0.39 is 5.63 Å². The van der Waals surface area contributed by atoms with Crippen LogP contribution in [0.1, 0.15) is 16.7 Å². The minimum absolute atomic E-state index is 0.0765. The molecular formula is C16H16N2O3. The van der Waals surface area contributed by atoms with Gasteiger partial charge in [-0.25, -0.2) is 4.79 Å². The predicted octanol–water partition coefficient (Wildman–Crippen LogP) is 2.12. The van der Waals surface area contributed by atoms with E-state index in [1.807, 2.05) is 36.9 Å². The molecule has 2 aromatic rings. The number of nitrogens with zero attached hydrogens (tertiary/aromatic N) is 2. The number of aryl methyl sites for hydroxylation is 2. The Morgan fingerprint density at radius 1 is 1.19 bits per heavy atom. The molecule has 0 unspecified atom stereocenters. The van der Waals surface area contributed by atoms with Gasteiger partial charge in [0.1, 0.15) is 11.7 Å². The van der Waals surface area contributed by atoms with E-state index in [1.165, 1.54) is 0 Å². The van der Waals surface area contributed by atoms with Crippen LogP contribution in [0.3, 0.4) is 0 Å². The van der Waals surface area contributed by atoms with Crippen LogP contribution in [0.5, 0.6) is 0 Å². The number of nitriles is 1. The molecule has 1 aliphatic rings. The number of anilines is 1. The van der Waals surface area contributed by atoms with Crippen LogP contribution in [-0.4, -0.2) is 26.3 Å². The molecule has 108 valence electrons. The lowest BCUT2D eigenvalue weighted by atomic mass is 10.0. The zero-order valence-corrected chi connectivity index (χ0v) is 12.1. The van der Waals surface area contributed by atoms with E-state index in [4.69, 9.17) is 9.15 Å². The van der Waals surface area contributed by atoms with Crippen LogP contribution >= 0.6 is 0 Å². The number of morpholine rings is 1. The normalized spacial score (nSPS) is 15.2. The second-order valence-corrected chi connectivity index (χ2v) is 5.26. The van der Waals surface area contributed by atoms with Crippen LogP contribution in [-0.2, 0) is 4.74 Å². The van der Waals surface area contributed by atoms with Gasteiger partial charge in [-0.3, -0.25) is 0 Å². The van der Waals surface area contributed by atoms with Crippen LogP contribution in [0, 0.1) is 25.2 Å². The highest BCUT2D eigenvalue weighted by Gasteiger charge is 2.22. The summed E-state index contributed by atoms with van der Waals surface area (Å²) in [5, 5.41) is 10.2. The summed E-state index contributed by atoms with van der Waals surface area (Å²) < 4.78 is 10.7. The van der Waals surface area contributed by atoms with Crippen molar-refractivity contribution in [3.8, 4) is 6.07 Å². The minimum atomic E-state index is -0.574. The summed E-state index contributed by atoms with van der Waals surface area (Å²) in [6.45, 7) is 6.51. The van der Waals surface area contributed by atoms with Crippen molar-refractivity contribution in [1.29, 1.82) is 5.26 Å². The van der Waals surface area contributed by atoms with Gasteiger partial charge >= 0.3 is 5.63 Å². The summed E-state index contributed by atoms with van der Waals surface area (Å²) in [6, 6.07) is 5.84. The fraction of sp³-hybridized carbons (Fsp3) is 0.375. The fourth-order valence-corrected chi connectivity index (χ4v) is 2.66. The van der Waals surface area contributed by atoms with Crippen molar-refractivity contribution in [3.63, 3.8) is 0 Å². The van der Waals surface area contributed by atoms with Crippen molar-refractivity contribution in [1.82, 2.24) is 0 Å². The molecule has 2 heterocycles. The molecule has 0 atom stereocenters. The lowest BCUT2D eigenvalue weighted by molar-refractivity contribution is 0.123. The number of ether oxygens (including phenoxy) is 1. The third kappa shape index (κ3) is 2.28. The van der Waals surface area contributed by atoms with E-state index in [-0.39, 0.29) is 5.56 Å². The summed E-state index contributed by atoms with van der Waals surface area (Å²) in [4.78, 5) is 14.1. The minimum Gasteiger partial charge on any atom is -0.422 e. The van der Waals surface area contributed by atoms with Gasteiger partial charge in [0.15, 0.2) is 5.56 Å². The van der Waals surface area contributed by atoms with Crippen molar-refractivity contribution in [3.05, 3.63) is 39.2 Å². The summed E-state index contributed by atoms with van der Waals surface area (Å²) in [5.74, 6) is 0. The van der Waals surface area contributed by atoms with Gasteiger partial charge in [-0.15, -0.1) is 0 Å². The number of hydrogen-bond acceptors (Lipinski definition) is 5. The summed E-state index contributed by atoms with van der Waals surface area (Å²) in [7, 11) is 0. The van der Waals surface area contributed by atoms with E-state index in [9.17, 15) is 10.1 Å². The smallest absolute Gasteiger partial charge is 0.356 e. The highest BCUT2D eigenvalue weighted by molar-refractivity contribution is 5.94. The first-order chi connectivity index (χ1) is 10.1. The zero-order valence-electron chi connectivity index (χ0n) is 12.1. The van der Waals surface area contributed by atoms with E-state index in [0.29, 0.717) is 37.6 Å². The molecular weight excluding hydrogens is 268 g/mol. The van der Waals surface area contributed by atoms with Crippen molar-refractivity contribution in [2.45, 2.75) is 13.8 Å². The molecule has 3 rings (SSSR count). The predicted molar refractivity (Wildman–Crippen MR) is 79.7 cm³/mol. The molecule has 0 radical (unpaired) electrons. The Kier molecular flexibility index (Phi) is 3.40. The Labute approximate surface area is 122 Å². The maximum absolute atomic E-state index is 12.1. The average molecular weight is 284 g/mol. The van der Waals surface area contributed by atoms with Crippen molar-refractivity contribution in [2.24, 2.45) is 0 Å². The van der Waals surface area contributed by atoms with Gasteiger partial charge in [-0.05, 0) is 37.1 Å². The maximum Gasteiger partial charge on any atom is 0.356 e. The summed E-state index contributed by atoms with van der Waals surface area (Å²) in [5.41, 5.74) is 2.87. The molecule has 0 saturated carbocycles. The Bertz CT molecular complexity index is 796. The topological polar surface area (TPSA) is 66.5 Å². The fourth-order valence-electron chi connectivity index (χ4n) is 2.66. The largest absolute Gasteiger partial charge is 0.422 e. The Morgan fingerprint density at radius 2 is 1.86 bits per heavy atom. The van der Waals surface area contributed by atoms with Gasteiger partial charge in [0.05, 0.1) is 18.9 Å².